The van der Waals surface area contributed by atoms with Crippen molar-refractivity contribution < 1.29 is 4.79 Å². The van der Waals surface area contributed by atoms with Crippen molar-refractivity contribution in [2.75, 3.05) is 11.9 Å². The fourth-order valence-corrected chi connectivity index (χ4v) is 4.41. The predicted molar refractivity (Wildman–Crippen MR) is 81.7 cm³/mol. The number of rotatable bonds is 1. The molecule has 0 spiro atoms. The van der Waals surface area contributed by atoms with E-state index in [0.717, 1.165) is 25.1 Å². The van der Waals surface area contributed by atoms with E-state index in [4.69, 9.17) is 0 Å². The molecule has 3 rings (SSSR count). The molecule has 2 aliphatic rings. The van der Waals surface area contributed by atoms with Gasteiger partial charge in [0.05, 0.1) is 0 Å². The van der Waals surface area contributed by atoms with Crippen molar-refractivity contribution in [1.29, 1.82) is 0 Å². The summed E-state index contributed by atoms with van der Waals surface area (Å²) in [6, 6.07) is 10.2. The molecule has 0 aromatic heterocycles. The molecule has 0 unspecified atom stereocenters. The van der Waals surface area contributed by atoms with Crippen LogP contribution in [0.25, 0.3) is 0 Å². The molecule has 2 bridgehead atoms. The number of urea groups is 1. The van der Waals surface area contributed by atoms with Crippen LogP contribution in [0, 0.1) is 10.8 Å². The number of hydrogen-bond acceptors (Lipinski definition) is 1. The van der Waals surface area contributed by atoms with Gasteiger partial charge in [-0.1, -0.05) is 39.0 Å². The predicted octanol–water partition coefficient (Wildman–Crippen LogP) is 4.12. The first-order valence-corrected chi connectivity index (χ1v) is 7.50. The van der Waals surface area contributed by atoms with E-state index in [1.807, 2.05) is 30.3 Å². The second kappa shape index (κ2) is 4.51. The second-order valence-corrected chi connectivity index (χ2v) is 7.64. The first kappa shape index (κ1) is 13.5. The Labute approximate surface area is 121 Å². The molecular weight excluding hydrogens is 248 g/mol. The first-order valence-electron chi connectivity index (χ1n) is 7.50. The molecule has 108 valence electrons. The van der Waals surface area contributed by atoms with Gasteiger partial charge in [0.15, 0.2) is 0 Å². The van der Waals surface area contributed by atoms with Crippen molar-refractivity contribution in [3.8, 4) is 0 Å². The van der Waals surface area contributed by atoms with Crippen LogP contribution in [-0.4, -0.2) is 23.5 Å². The summed E-state index contributed by atoms with van der Waals surface area (Å²) >= 11 is 0. The molecule has 2 amide bonds. The number of amides is 2. The monoisotopic (exact) mass is 272 g/mol. The summed E-state index contributed by atoms with van der Waals surface area (Å²) in [5.74, 6) is 0. The van der Waals surface area contributed by atoms with Gasteiger partial charge in [0, 0.05) is 18.3 Å². The molecule has 1 saturated carbocycles. The van der Waals surface area contributed by atoms with Crippen LogP contribution in [0.15, 0.2) is 30.3 Å². The van der Waals surface area contributed by atoms with E-state index in [0.29, 0.717) is 16.9 Å². The normalized spacial score (nSPS) is 31.1. The quantitative estimate of drug-likeness (QED) is 0.819. The van der Waals surface area contributed by atoms with Crippen LogP contribution in [0.4, 0.5) is 10.5 Å². The number of fused-ring (bicyclic) bond motifs is 2. The average molecular weight is 272 g/mol. The molecule has 2 atom stereocenters. The van der Waals surface area contributed by atoms with E-state index in [1.165, 1.54) is 6.42 Å². The molecule has 1 heterocycles. The Kier molecular flexibility index (Phi) is 3.03. The summed E-state index contributed by atoms with van der Waals surface area (Å²) in [6.07, 6.45) is 3.48. The molecule has 3 heteroatoms. The molecule has 1 aliphatic heterocycles. The fraction of sp³-hybridized carbons (Fsp3) is 0.588. The maximum absolute atomic E-state index is 12.5. The van der Waals surface area contributed by atoms with E-state index in [2.05, 4.69) is 31.0 Å². The maximum Gasteiger partial charge on any atom is 0.322 e. The van der Waals surface area contributed by atoms with Crippen molar-refractivity contribution >= 4 is 11.7 Å². The standard InChI is InChI=1S/C17H24N2O/c1-16(2)9-14-10-17(3,11-16)12-19(14)15(20)18-13-7-5-4-6-8-13/h4-8,14H,9-12H2,1-3H3,(H,18,20)/t14-,17+/m0/s1. The van der Waals surface area contributed by atoms with E-state index < -0.39 is 0 Å². The lowest BCUT2D eigenvalue weighted by atomic mass is 9.65. The Hall–Kier alpha value is -1.51. The zero-order chi connectivity index (χ0) is 14.4. The van der Waals surface area contributed by atoms with Gasteiger partial charge in [-0.2, -0.15) is 0 Å². The lowest BCUT2D eigenvalue weighted by molar-refractivity contribution is 0.130. The lowest BCUT2D eigenvalue weighted by Crippen LogP contribution is -2.40. The van der Waals surface area contributed by atoms with Crippen LogP contribution in [0.3, 0.4) is 0 Å². The SMILES string of the molecule is CC1(C)C[C@H]2C[C@@](C)(CN2C(=O)Nc2ccccc2)C1. The summed E-state index contributed by atoms with van der Waals surface area (Å²) in [6.45, 7) is 7.88. The summed E-state index contributed by atoms with van der Waals surface area (Å²) in [5, 5.41) is 3.03. The molecule has 3 nitrogen and oxygen atoms in total. The molecule has 2 fully saturated rings. The van der Waals surface area contributed by atoms with Crippen molar-refractivity contribution in [3.05, 3.63) is 30.3 Å². The largest absolute Gasteiger partial charge is 0.322 e. The minimum absolute atomic E-state index is 0.0580. The molecular formula is C17H24N2O. The number of nitrogens with zero attached hydrogens (tertiary/aromatic N) is 1. The van der Waals surface area contributed by atoms with E-state index in [-0.39, 0.29) is 6.03 Å². The zero-order valence-electron chi connectivity index (χ0n) is 12.6. The number of anilines is 1. The van der Waals surface area contributed by atoms with Gasteiger partial charge >= 0.3 is 6.03 Å². The molecule has 1 aromatic carbocycles. The summed E-state index contributed by atoms with van der Waals surface area (Å²) < 4.78 is 0. The van der Waals surface area contributed by atoms with Gasteiger partial charge in [0.1, 0.15) is 0 Å². The number of hydrogen-bond donors (Lipinski definition) is 1. The zero-order valence-corrected chi connectivity index (χ0v) is 12.6. The third-order valence-corrected chi connectivity index (χ3v) is 4.70. The molecule has 1 saturated heterocycles. The van der Waals surface area contributed by atoms with Crippen molar-refractivity contribution in [1.82, 2.24) is 4.90 Å². The Morgan fingerprint density at radius 3 is 2.60 bits per heavy atom. The van der Waals surface area contributed by atoms with Crippen LogP contribution in [-0.2, 0) is 0 Å². The van der Waals surface area contributed by atoms with E-state index in [1.54, 1.807) is 0 Å². The molecule has 20 heavy (non-hydrogen) atoms. The minimum Gasteiger partial charge on any atom is -0.321 e. The Balaban J connectivity index is 1.74. The number of para-hydroxylation sites is 1. The van der Waals surface area contributed by atoms with Crippen LogP contribution in [0.5, 0.6) is 0 Å². The Morgan fingerprint density at radius 1 is 1.20 bits per heavy atom. The van der Waals surface area contributed by atoms with Crippen molar-refractivity contribution in [3.63, 3.8) is 0 Å². The highest BCUT2D eigenvalue weighted by atomic mass is 16.2. The molecule has 1 aromatic rings. The number of carbonyl (C=O) groups is 1. The average Bonchev–Trinajstić information content (AvgIpc) is 2.60. The highest BCUT2D eigenvalue weighted by molar-refractivity contribution is 5.89. The first-order chi connectivity index (χ1) is 9.37. The third-order valence-electron chi connectivity index (χ3n) is 4.70. The highest BCUT2D eigenvalue weighted by Gasteiger charge is 2.50. The van der Waals surface area contributed by atoms with E-state index in [9.17, 15) is 4.79 Å². The summed E-state index contributed by atoms with van der Waals surface area (Å²) in [4.78, 5) is 14.6. The minimum atomic E-state index is 0.0580. The van der Waals surface area contributed by atoms with Gasteiger partial charge in [0.2, 0.25) is 0 Å². The maximum atomic E-state index is 12.5. The van der Waals surface area contributed by atoms with Gasteiger partial charge in [-0.15, -0.1) is 0 Å². The van der Waals surface area contributed by atoms with Crippen LogP contribution in [0.1, 0.15) is 40.0 Å². The number of benzene rings is 1. The Morgan fingerprint density at radius 2 is 1.90 bits per heavy atom. The van der Waals surface area contributed by atoms with Gasteiger partial charge < -0.3 is 10.2 Å². The number of carbonyl (C=O) groups excluding carboxylic acids is 1. The Bertz CT molecular complexity index is 511. The topological polar surface area (TPSA) is 32.3 Å². The van der Waals surface area contributed by atoms with Gasteiger partial charge in [-0.25, -0.2) is 4.79 Å². The fourth-order valence-electron chi connectivity index (χ4n) is 4.41. The molecule has 0 radical (unpaired) electrons. The van der Waals surface area contributed by atoms with Gasteiger partial charge in [-0.3, -0.25) is 0 Å². The van der Waals surface area contributed by atoms with Gasteiger partial charge in [0.25, 0.3) is 0 Å². The second-order valence-electron chi connectivity index (χ2n) is 7.64. The van der Waals surface area contributed by atoms with Crippen LogP contribution >= 0.6 is 0 Å². The summed E-state index contributed by atoms with van der Waals surface area (Å²) in [5.41, 5.74) is 1.52. The van der Waals surface area contributed by atoms with Gasteiger partial charge in [-0.05, 0) is 42.2 Å². The number of nitrogens with one attached hydrogen (secondary N) is 1. The molecule has 1 N–H and O–H groups in total. The lowest BCUT2D eigenvalue weighted by Gasteiger charge is -2.39. The highest BCUT2D eigenvalue weighted by Crippen LogP contribution is 2.52. The van der Waals surface area contributed by atoms with Crippen molar-refractivity contribution in [2.24, 2.45) is 10.8 Å². The smallest absolute Gasteiger partial charge is 0.321 e. The summed E-state index contributed by atoms with van der Waals surface area (Å²) in [7, 11) is 0. The number of likely N-dealkylation sites (tertiary alicyclic amines) is 1. The van der Waals surface area contributed by atoms with Crippen LogP contribution < -0.4 is 5.32 Å². The molecule has 1 aliphatic carbocycles. The van der Waals surface area contributed by atoms with Crippen molar-refractivity contribution in [2.45, 2.75) is 46.1 Å². The van der Waals surface area contributed by atoms with Crippen LogP contribution in [0.2, 0.25) is 0 Å². The van der Waals surface area contributed by atoms with E-state index >= 15 is 0 Å². The third kappa shape index (κ3) is 2.54.